The number of unbranched alkanes of at least 4 members (excludes halogenated alkanes) is 10. The van der Waals surface area contributed by atoms with E-state index in [1.54, 1.807) is 0 Å². The van der Waals surface area contributed by atoms with Gasteiger partial charge in [0.05, 0.1) is 0 Å². The highest BCUT2D eigenvalue weighted by molar-refractivity contribution is 5.49. The Morgan fingerprint density at radius 3 is 1.39 bits per heavy atom. The van der Waals surface area contributed by atoms with Gasteiger partial charge in [-0.1, -0.05) is 38.5 Å². The molecule has 0 atom stereocenters. The van der Waals surface area contributed by atoms with Gasteiger partial charge in [0.25, 0.3) is 0 Å². The maximum atomic E-state index is 10.2. The molecule has 2 N–H and O–H groups in total. The third-order valence-corrected chi connectivity index (χ3v) is 4.27. The van der Waals surface area contributed by atoms with Crippen LogP contribution in [0.3, 0.4) is 0 Å². The fraction of sp³-hybridized carbons (Fsp3) is 0.895. The molecule has 0 aromatic rings. The third-order valence-electron chi connectivity index (χ3n) is 4.27. The van der Waals surface area contributed by atoms with Gasteiger partial charge in [-0.2, -0.15) is 0 Å². The lowest BCUT2D eigenvalue weighted by molar-refractivity contribution is -0.108. The molecule has 23 heavy (non-hydrogen) atoms. The van der Waals surface area contributed by atoms with E-state index in [2.05, 4.69) is 4.90 Å². The van der Waals surface area contributed by atoms with Crippen LogP contribution < -0.4 is 5.73 Å². The lowest BCUT2D eigenvalue weighted by Gasteiger charge is -2.22. The van der Waals surface area contributed by atoms with Gasteiger partial charge in [0, 0.05) is 12.8 Å². The SMILES string of the molecule is NCCCN(CCCCCCCC=O)CCCCCCCC=O. The number of nitrogens with zero attached hydrogens (tertiary/aromatic N) is 1. The van der Waals surface area contributed by atoms with Crippen molar-refractivity contribution in [1.82, 2.24) is 4.90 Å². The monoisotopic (exact) mass is 326 g/mol. The van der Waals surface area contributed by atoms with Gasteiger partial charge in [0.2, 0.25) is 0 Å². The van der Waals surface area contributed by atoms with Crippen molar-refractivity contribution >= 4 is 12.6 Å². The van der Waals surface area contributed by atoms with E-state index in [0.717, 1.165) is 57.8 Å². The van der Waals surface area contributed by atoms with Crippen LogP contribution in [0.1, 0.15) is 83.5 Å². The topological polar surface area (TPSA) is 63.4 Å². The summed E-state index contributed by atoms with van der Waals surface area (Å²) in [7, 11) is 0. The van der Waals surface area contributed by atoms with E-state index in [9.17, 15) is 9.59 Å². The molecule has 0 spiro atoms. The normalized spacial score (nSPS) is 11.0. The van der Waals surface area contributed by atoms with Crippen LogP contribution in [0, 0.1) is 0 Å². The molecule has 0 heterocycles. The van der Waals surface area contributed by atoms with Crippen LogP contribution in [-0.2, 0) is 9.59 Å². The Labute approximate surface area is 143 Å². The van der Waals surface area contributed by atoms with Crippen LogP contribution >= 0.6 is 0 Å². The summed E-state index contributed by atoms with van der Waals surface area (Å²) in [5.74, 6) is 0. The predicted octanol–water partition coefficient (Wildman–Crippen LogP) is 3.72. The molecule has 0 aromatic heterocycles. The van der Waals surface area contributed by atoms with E-state index < -0.39 is 0 Å². The van der Waals surface area contributed by atoms with Crippen molar-refractivity contribution in [2.45, 2.75) is 83.5 Å². The molecule has 0 bridgehead atoms. The molecule has 0 rings (SSSR count). The summed E-state index contributed by atoms with van der Waals surface area (Å²) >= 11 is 0. The minimum atomic E-state index is 0.718. The van der Waals surface area contributed by atoms with Crippen LogP contribution in [0.5, 0.6) is 0 Å². The van der Waals surface area contributed by atoms with Crippen LogP contribution in [0.4, 0.5) is 0 Å². The number of carbonyl (C=O) groups is 2. The van der Waals surface area contributed by atoms with Gasteiger partial charge in [-0.25, -0.2) is 0 Å². The Kier molecular flexibility index (Phi) is 18.7. The first kappa shape index (κ1) is 22.3. The molecule has 0 amide bonds. The molecule has 0 saturated carbocycles. The van der Waals surface area contributed by atoms with Gasteiger partial charge in [-0.15, -0.1) is 0 Å². The van der Waals surface area contributed by atoms with Crippen molar-refractivity contribution in [3.8, 4) is 0 Å². The first-order valence-corrected chi connectivity index (χ1v) is 9.64. The molecule has 0 saturated heterocycles. The summed E-state index contributed by atoms with van der Waals surface area (Å²) in [4.78, 5) is 23.1. The average Bonchev–Trinajstić information content (AvgIpc) is 2.57. The lowest BCUT2D eigenvalue weighted by Crippen LogP contribution is -2.28. The largest absolute Gasteiger partial charge is 0.330 e. The number of nitrogens with two attached hydrogens (primary N) is 1. The van der Waals surface area contributed by atoms with E-state index in [4.69, 9.17) is 5.73 Å². The molecule has 136 valence electrons. The van der Waals surface area contributed by atoms with Gasteiger partial charge in [-0.3, -0.25) is 0 Å². The molecule has 0 fully saturated rings. The van der Waals surface area contributed by atoms with Gasteiger partial charge in [-0.05, 0) is 58.3 Å². The minimum Gasteiger partial charge on any atom is -0.330 e. The van der Waals surface area contributed by atoms with E-state index >= 15 is 0 Å². The summed E-state index contributed by atoms with van der Waals surface area (Å²) in [6.07, 6.45) is 16.6. The fourth-order valence-corrected chi connectivity index (χ4v) is 2.84. The van der Waals surface area contributed by atoms with Crippen molar-refractivity contribution in [2.75, 3.05) is 26.2 Å². The van der Waals surface area contributed by atoms with Gasteiger partial charge < -0.3 is 20.2 Å². The van der Waals surface area contributed by atoms with E-state index in [-0.39, 0.29) is 0 Å². The van der Waals surface area contributed by atoms with Gasteiger partial charge in [0.1, 0.15) is 12.6 Å². The summed E-state index contributed by atoms with van der Waals surface area (Å²) in [5, 5.41) is 0. The Morgan fingerprint density at radius 2 is 0.957 bits per heavy atom. The molecule has 0 unspecified atom stereocenters. The second-order valence-corrected chi connectivity index (χ2v) is 6.43. The third kappa shape index (κ3) is 17.4. The maximum Gasteiger partial charge on any atom is 0.119 e. The maximum absolute atomic E-state index is 10.2. The zero-order valence-electron chi connectivity index (χ0n) is 15.0. The van der Waals surface area contributed by atoms with E-state index in [1.165, 1.54) is 64.5 Å². The molecule has 4 nitrogen and oxygen atoms in total. The smallest absolute Gasteiger partial charge is 0.119 e. The van der Waals surface area contributed by atoms with Crippen molar-refractivity contribution in [3.63, 3.8) is 0 Å². The van der Waals surface area contributed by atoms with E-state index in [1.807, 2.05) is 0 Å². The quantitative estimate of drug-likeness (QED) is 0.290. The second-order valence-electron chi connectivity index (χ2n) is 6.43. The predicted molar refractivity (Wildman–Crippen MR) is 97.6 cm³/mol. The minimum absolute atomic E-state index is 0.718. The lowest BCUT2D eigenvalue weighted by atomic mass is 10.1. The highest BCUT2D eigenvalue weighted by atomic mass is 16.1. The van der Waals surface area contributed by atoms with Crippen LogP contribution in [0.15, 0.2) is 0 Å². The van der Waals surface area contributed by atoms with Crippen LogP contribution in [0.2, 0.25) is 0 Å². The molecular formula is C19H38N2O2. The Balaban J connectivity index is 3.59. The zero-order chi connectivity index (χ0) is 17.0. The molecule has 0 aliphatic heterocycles. The molecular weight excluding hydrogens is 288 g/mol. The molecule has 4 heteroatoms. The Morgan fingerprint density at radius 1 is 0.565 bits per heavy atom. The van der Waals surface area contributed by atoms with E-state index in [0.29, 0.717) is 0 Å². The highest BCUT2D eigenvalue weighted by Gasteiger charge is 2.04. The summed E-state index contributed by atoms with van der Waals surface area (Å²) in [6.45, 7) is 4.25. The van der Waals surface area contributed by atoms with Gasteiger partial charge in [0.15, 0.2) is 0 Å². The molecule has 0 aliphatic rings. The van der Waals surface area contributed by atoms with Crippen LogP contribution in [0.25, 0.3) is 0 Å². The standard InChI is InChI=1S/C19H38N2O2/c20-14-13-17-21(15-9-5-1-3-7-11-18-22)16-10-6-2-4-8-12-19-23/h18-19H,1-17,20H2. The number of hydrogen-bond acceptors (Lipinski definition) is 4. The van der Waals surface area contributed by atoms with Crippen molar-refractivity contribution in [1.29, 1.82) is 0 Å². The van der Waals surface area contributed by atoms with Crippen molar-refractivity contribution in [3.05, 3.63) is 0 Å². The molecule has 0 aliphatic carbocycles. The van der Waals surface area contributed by atoms with Crippen molar-refractivity contribution < 1.29 is 9.59 Å². The Hall–Kier alpha value is -0.740. The zero-order valence-corrected chi connectivity index (χ0v) is 15.0. The first-order chi connectivity index (χ1) is 11.3. The number of aldehydes is 2. The van der Waals surface area contributed by atoms with Crippen molar-refractivity contribution in [2.24, 2.45) is 5.73 Å². The number of carbonyl (C=O) groups excluding carboxylic acids is 2. The second kappa shape index (κ2) is 19.3. The number of hydrogen-bond donors (Lipinski definition) is 1. The average molecular weight is 327 g/mol. The highest BCUT2D eigenvalue weighted by Crippen LogP contribution is 2.09. The first-order valence-electron chi connectivity index (χ1n) is 9.64. The summed E-state index contributed by atoms with van der Waals surface area (Å²) < 4.78 is 0. The fourth-order valence-electron chi connectivity index (χ4n) is 2.84. The summed E-state index contributed by atoms with van der Waals surface area (Å²) in [5.41, 5.74) is 5.64. The molecule has 0 aromatic carbocycles. The Bertz CT molecular complexity index is 238. The summed E-state index contributed by atoms with van der Waals surface area (Å²) in [6, 6.07) is 0. The molecule has 0 radical (unpaired) electrons. The van der Waals surface area contributed by atoms with Crippen LogP contribution in [-0.4, -0.2) is 43.7 Å². The van der Waals surface area contributed by atoms with Gasteiger partial charge >= 0.3 is 0 Å². The number of rotatable bonds is 19.